The number of carbonyl (C=O) groups excluding carboxylic acids is 2. The van der Waals surface area contributed by atoms with E-state index in [1.807, 2.05) is 0 Å². The second kappa shape index (κ2) is 6.13. The molecule has 1 rings (SSSR count). The molecule has 1 aromatic rings. The molecule has 0 aliphatic rings. The van der Waals surface area contributed by atoms with Crippen molar-refractivity contribution in [3.05, 3.63) is 35.6 Å². The van der Waals surface area contributed by atoms with Gasteiger partial charge in [0, 0.05) is 6.42 Å². The van der Waals surface area contributed by atoms with E-state index < -0.39 is 11.9 Å². The molecule has 0 unspecified atom stereocenters. The molecule has 0 radical (unpaired) electrons. The highest BCUT2D eigenvalue weighted by molar-refractivity contribution is 5.99. The first-order valence-corrected chi connectivity index (χ1v) is 5.48. The molecular weight excluding hydrogens is 223 g/mol. The maximum absolute atomic E-state index is 12.7. The Balaban J connectivity index is 2.59. The van der Waals surface area contributed by atoms with Crippen LogP contribution in [0.15, 0.2) is 24.3 Å². The van der Waals surface area contributed by atoms with Crippen LogP contribution in [0.1, 0.15) is 19.4 Å². The van der Waals surface area contributed by atoms with E-state index in [0.29, 0.717) is 5.56 Å². The summed E-state index contributed by atoms with van der Waals surface area (Å²) < 4.78 is 17.4. The smallest absolute Gasteiger partial charge is 0.316 e. The van der Waals surface area contributed by atoms with Crippen LogP contribution in [-0.4, -0.2) is 18.4 Å². The van der Waals surface area contributed by atoms with Gasteiger partial charge in [-0.15, -0.1) is 0 Å². The summed E-state index contributed by atoms with van der Waals surface area (Å²) in [5, 5.41) is 0. The second-order valence-corrected chi connectivity index (χ2v) is 3.74. The van der Waals surface area contributed by atoms with E-state index in [1.54, 1.807) is 6.92 Å². The molecule has 0 spiro atoms. The molecule has 1 atom stereocenters. The van der Waals surface area contributed by atoms with Gasteiger partial charge in [-0.3, -0.25) is 9.59 Å². The zero-order valence-electron chi connectivity index (χ0n) is 9.90. The third-order valence-corrected chi connectivity index (χ3v) is 2.41. The van der Waals surface area contributed by atoms with Gasteiger partial charge in [-0.1, -0.05) is 12.1 Å². The first-order valence-electron chi connectivity index (χ1n) is 5.48. The molecule has 4 heteroatoms. The van der Waals surface area contributed by atoms with Crippen molar-refractivity contribution in [1.29, 1.82) is 0 Å². The predicted octanol–water partition coefficient (Wildman–Crippen LogP) is 2.14. The molecule has 0 aromatic heterocycles. The van der Waals surface area contributed by atoms with E-state index in [4.69, 9.17) is 4.74 Å². The van der Waals surface area contributed by atoms with E-state index in [1.165, 1.54) is 31.2 Å². The van der Waals surface area contributed by atoms with Crippen molar-refractivity contribution in [3.8, 4) is 0 Å². The van der Waals surface area contributed by atoms with Crippen molar-refractivity contribution in [2.24, 2.45) is 5.92 Å². The van der Waals surface area contributed by atoms with Gasteiger partial charge in [-0.05, 0) is 31.5 Å². The van der Waals surface area contributed by atoms with Crippen molar-refractivity contribution in [2.45, 2.75) is 20.3 Å². The van der Waals surface area contributed by atoms with E-state index in [2.05, 4.69) is 0 Å². The van der Waals surface area contributed by atoms with Crippen LogP contribution in [0, 0.1) is 11.7 Å². The number of ether oxygens (including phenoxy) is 1. The van der Waals surface area contributed by atoms with Gasteiger partial charge in [-0.2, -0.15) is 0 Å². The first kappa shape index (κ1) is 13.4. The zero-order valence-corrected chi connectivity index (χ0v) is 9.90. The first-order chi connectivity index (χ1) is 8.04. The molecule has 0 amide bonds. The van der Waals surface area contributed by atoms with Gasteiger partial charge in [-0.25, -0.2) is 4.39 Å². The fourth-order valence-corrected chi connectivity index (χ4v) is 1.36. The van der Waals surface area contributed by atoms with Crippen LogP contribution in [0.3, 0.4) is 0 Å². The Morgan fingerprint density at radius 2 is 1.88 bits per heavy atom. The van der Waals surface area contributed by atoms with E-state index >= 15 is 0 Å². The van der Waals surface area contributed by atoms with Gasteiger partial charge < -0.3 is 4.74 Å². The molecule has 92 valence electrons. The second-order valence-electron chi connectivity index (χ2n) is 3.74. The lowest BCUT2D eigenvalue weighted by Gasteiger charge is -2.09. The molecular formula is C13H15FO3. The number of hydrogen-bond acceptors (Lipinski definition) is 3. The highest BCUT2D eigenvalue weighted by Gasteiger charge is 2.22. The molecule has 0 N–H and O–H groups in total. The summed E-state index contributed by atoms with van der Waals surface area (Å²) in [4.78, 5) is 23.0. The number of halogens is 1. The Morgan fingerprint density at radius 1 is 1.29 bits per heavy atom. The molecule has 17 heavy (non-hydrogen) atoms. The minimum atomic E-state index is -0.778. The Hall–Kier alpha value is -1.71. The Bertz CT molecular complexity index is 398. The van der Waals surface area contributed by atoms with Crippen molar-refractivity contribution < 1.29 is 18.7 Å². The van der Waals surface area contributed by atoms with Crippen LogP contribution in [-0.2, 0) is 20.7 Å². The van der Waals surface area contributed by atoms with Crippen LogP contribution in [0.25, 0.3) is 0 Å². The lowest BCUT2D eigenvalue weighted by molar-refractivity contribution is -0.150. The SMILES string of the molecule is CCOC(=O)[C@@H](C)C(=O)Cc1ccc(F)cc1. The van der Waals surface area contributed by atoms with Gasteiger partial charge in [0.2, 0.25) is 0 Å². The van der Waals surface area contributed by atoms with Crippen molar-refractivity contribution in [2.75, 3.05) is 6.61 Å². The number of rotatable bonds is 5. The van der Waals surface area contributed by atoms with Gasteiger partial charge in [0.1, 0.15) is 11.7 Å². The molecule has 0 bridgehead atoms. The summed E-state index contributed by atoms with van der Waals surface area (Å²) in [6.45, 7) is 3.46. The van der Waals surface area contributed by atoms with E-state index in [9.17, 15) is 14.0 Å². The predicted molar refractivity (Wildman–Crippen MR) is 60.9 cm³/mol. The molecule has 1 aromatic carbocycles. The summed E-state index contributed by atoms with van der Waals surface area (Å²) >= 11 is 0. The average Bonchev–Trinajstić information content (AvgIpc) is 2.31. The molecule has 0 aliphatic heterocycles. The summed E-state index contributed by atoms with van der Waals surface area (Å²) in [6, 6.07) is 5.64. The maximum atomic E-state index is 12.7. The normalized spacial score (nSPS) is 11.9. The average molecular weight is 238 g/mol. The number of hydrogen-bond donors (Lipinski definition) is 0. The highest BCUT2D eigenvalue weighted by Crippen LogP contribution is 2.09. The molecule has 0 saturated heterocycles. The lowest BCUT2D eigenvalue weighted by Crippen LogP contribution is -2.24. The van der Waals surface area contributed by atoms with Crippen LogP contribution < -0.4 is 0 Å². The fourth-order valence-electron chi connectivity index (χ4n) is 1.36. The maximum Gasteiger partial charge on any atom is 0.316 e. The van der Waals surface area contributed by atoms with Crippen LogP contribution in [0.2, 0.25) is 0 Å². The zero-order chi connectivity index (χ0) is 12.8. The molecule has 3 nitrogen and oxygen atoms in total. The summed E-state index contributed by atoms with van der Waals surface area (Å²) in [7, 11) is 0. The number of ketones is 1. The van der Waals surface area contributed by atoms with Gasteiger partial charge >= 0.3 is 5.97 Å². The van der Waals surface area contributed by atoms with Gasteiger partial charge in [0.15, 0.2) is 5.78 Å². The number of benzene rings is 1. The largest absolute Gasteiger partial charge is 0.465 e. The Labute approximate surface area is 99.6 Å². The Kier molecular flexibility index (Phi) is 4.82. The van der Waals surface area contributed by atoms with E-state index in [-0.39, 0.29) is 24.6 Å². The number of esters is 1. The van der Waals surface area contributed by atoms with Crippen LogP contribution in [0.4, 0.5) is 4.39 Å². The van der Waals surface area contributed by atoms with Crippen molar-refractivity contribution >= 4 is 11.8 Å². The van der Waals surface area contributed by atoms with E-state index in [0.717, 1.165) is 0 Å². The summed E-state index contributed by atoms with van der Waals surface area (Å²) in [5.74, 6) is -1.87. The van der Waals surface area contributed by atoms with Crippen LogP contribution in [0.5, 0.6) is 0 Å². The van der Waals surface area contributed by atoms with Crippen LogP contribution >= 0.6 is 0 Å². The third kappa shape index (κ3) is 3.98. The molecule has 0 saturated carbocycles. The lowest BCUT2D eigenvalue weighted by atomic mass is 9.99. The highest BCUT2D eigenvalue weighted by atomic mass is 19.1. The van der Waals surface area contributed by atoms with Gasteiger partial charge in [0.05, 0.1) is 6.61 Å². The summed E-state index contributed by atoms with van der Waals surface area (Å²) in [5.41, 5.74) is 0.688. The standard InChI is InChI=1S/C13H15FO3/c1-3-17-13(16)9(2)12(15)8-10-4-6-11(14)7-5-10/h4-7,9H,3,8H2,1-2H3/t9-/m0/s1. The monoisotopic (exact) mass is 238 g/mol. The number of Topliss-reactive ketones (excluding diaryl/α,β-unsaturated/α-hetero) is 1. The minimum Gasteiger partial charge on any atom is -0.465 e. The molecule has 0 heterocycles. The number of carbonyl (C=O) groups is 2. The molecule has 0 aliphatic carbocycles. The minimum absolute atomic E-state index is 0.111. The van der Waals surface area contributed by atoms with Gasteiger partial charge in [0.25, 0.3) is 0 Å². The van der Waals surface area contributed by atoms with Crippen molar-refractivity contribution in [3.63, 3.8) is 0 Å². The topological polar surface area (TPSA) is 43.4 Å². The van der Waals surface area contributed by atoms with Crippen molar-refractivity contribution in [1.82, 2.24) is 0 Å². The quantitative estimate of drug-likeness (QED) is 0.583. The Morgan fingerprint density at radius 3 is 2.41 bits per heavy atom. The molecule has 0 fully saturated rings. The third-order valence-electron chi connectivity index (χ3n) is 2.41. The summed E-state index contributed by atoms with van der Waals surface area (Å²) in [6.07, 6.45) is 0.111. The fraction of sp³-hybridized carbons (Fsp3) is 0.385.